The van der Waals surface area contributed by atoms with Gasteiger partial charge in [0.2, 0.25) is 10.0 Å². The van der Waals surface area contributed by atoms with Gasteiger partial charge in [0.05, 0.1) is 11.9 Å². The summed E-state index contributed by atoms with van der Waals surface area (Å²) in [6, 6.07) is 10.5. The zero-order valence-corrected chi connectivity index (χ0v) is 14.5. The van der Waals surface area contributed by atoms with Crippen molar-refractivity contribution in [2.75, 3.05) is 23.8 Å². The predicted molar refractivity (Wildman–Crippen MR) is 92.2 cm³/mol. The van der Waals surface area contributed by atoms with Gasteiger partial charge in [-0.2, -0.15) is 0 Å². The molecule has 2 saturated heterocycles. The van der Waals surface area contributed by atoms with Gasteiger partial charge in [0.15, 0.2) is 0 Å². The van der Waals surface area contributed by atoms with Crippen molar-refractivity contribution >= 4 is 15.7 Å². The van der Waals surface area contributed by atoms with Crippen molar-refractivity contribution in [1.82, 2.24) is 4.72 Å². The lowest BCUT2D eigenvalue weighted by molar-refractivity contribution is 0.108. The second-order valence-electron chi connectivity index (χ2n) is 6.63. The summed E-state index contributed by atoms with van der Waals surface area (Å²) in [5.74, 6) is 0.161. The number of sulfonamides is 1. The van der Waals surface area contributed by atoms with Gasteiger partial charge >= 0.3 is 0 Å². The maximum atomic E-state index is 12.3. The summed E-state index contributed by atoms with van der Waals surface area (Å²) in [5.41, 5.74) is 1.15. The van der Waals surface area contributed by atoms with Crippen molar-refractivity contribution in [1.29, 1.82) is 0 Å². The monoisotopic (exact) mass is 338 g/mol. The average Bonchev–Trinajstić information content (AvgIpc) is 3.15. The van der Waals surface area contributed by atoms with E-state index in [9.17, 15) is 8.42 Å². The molecule has 0 bridgehead atoms. The van der Waals surface area contributed by atoms with Crippen LogP contribution in [0.2, 0.25) is 0 Å². The highest BCUT2D eigenvalue weighted by atomic mass is 32.2. The van der Waals surface area contributed by atoms with Crippen LogP contribution in [0.3, 0.4) is 0 Å². The minimum atomic E-state index is -3.24. The van der Waals surface area contributed by atoms with Gasteiger partial charge in [-0.25, -0.2) is 13.1 Å². The van der Waals surface area contributed by atoms with E-state index in [-0.39, 0.29) is 17.9 Å². The van der Waals surface area contributed by atoms with E-state index in [0.29, 0.717) is 12.5 Å². The lowest BCUT2D eigenvalue weighted by atomic mass is 10.2. The Morgan fingerprint density at radius 2 is 2.09 bits per heavy atom. The molecule has 128 valence electrons. The molecule has 6 heteroatoms. The molecule has 23 heavy (non-hydrogen) atoms. The Balaban J connectivity index is 1.53. The van der Waals surface area contributed by atoms with Crippen LogP contribution >= 0.6 is 0 Å². The fraction of sp³-hybridized carbons (Fsp3) is 0.647. The predicted octanol–water partition coefficient (Wildman–Crippen LogP) is 2.14. The highest BCUT2D eigenvalue weighted by Crippen LogP contribution is 2.25. The molecular formula is C17H26N2O3S. The fourth-order valence-electron chi connectivity index (χ4n) is 3.57. The summed E-state index contributed by atoms with van der Waals surface area (Å²) in [6.45, 7) is 3.64. The van der Waals surface area contributed by atoms with Crippen LogP contribution in [0.5, 0.6) is 0 Å². The third-order valence-corrected chi connectivity index (χ3v) is 6.21. The lowest BCUT2D eigenvalue weighted by Gasteiger charge is -2.23. The van der Waals surface area contributed by atoms with Crippen molar-refractivity contribution in [2.24, 2.45) is 0 Å². The van der Waals surface area contributed by atoms with E-state index in [4.69, 9.17) is 4.74 Å². The number of hydrogen-bond donors (Lipinski definition) is 1. The molecule has 0 amide bonds. The molecule has 0 aliphatic carbocycles. The van der Waals surface area contributed by atoms with Gasteiger partial charge in [-0.1, -0.05) is 18.2 Å². The van der Waals surface area contributed by atoms with Gasteiger partial charge in [-0.15, -0.1) is 0 Å². The first-order valence-electron chi connectivity index (χ1n) is 8.47. The number of nitrogens with zero attached hydrogens (tertiary/aromatic N) is 1. The number of ether oxygens (including phenoxy) is 1. The van der Waals surface area contributed by atoms with Crippen LogP contribution < -0.4 is 9.62 Å². The second-order valence-corrected chi connectivity index (χ2v) is 8.50. The van der Waals surface area contributed by atoms with Gasteiger partial charge in [0, 0.05) is 30.9 Å². The first-order chi connectivity index (χ1) is 11.0. The summed E-state index contributed by atoms with van der Waals surface area (Å²) in [6.07, 6.45) is 3.59. The molecule has 5 nitrogen and oxygen atoms in total. The molecule has 2 aliphatic heterocycles. The van der Waals surface area contributed by atoms with E-state index >= 15 is 0 Å². The van der Waals surface area contributed by atoms with Gasteiger partial charge in [-0.3, -0.25) is 0 Å². The quantitative estimate of drug-likeness (QED) is 0.863. The highest BCUT2D eigenvalue weighted by molar-refractivity contribution is 7.89. The molecule has 1 aromatic carbocycles. The summed E-state index contributed by atoms with van der Waals surface area (Å²) >= 11 is 0. The Kier molecular flexibility index (Phi) is 5.24. The normalized spacial score (nSPS) is 28.4. The van der Waals surface area contributed by atoms with Gasteiger partial charge in [0.1, 0.15) is 0 Å². The van der Waals surface area contributed by atoms with Crippen molar-refractivity contribution in [3.05, 3.63) is 30.3 Å². The van der Waals surface area contributed by atoms with Crippen molar-refractivity contribution in [3.8, 4) is 0 Å². The molecule has 2 aliphatic rings. The summed E-state index contributed by atoms with van der Waals surface area (Å²) in [5, 5.41) is 0. The second kappa shape index (κ2) is 7.20. The van der Waals surface area contributed by atoms with Gasteiger partial charge in [0.25, 0.3) is 0 Å². The molecule has 3 atom stereocenters. The van der Waals surface area contributed by atoms with Gasteiger partial charge in [-0.05, 0) is 44.7 Å². The molecule has 1 N–H and O–H groups in total. The van der Waals surface area contributed by atoms with E-state index in [2.05, 4.69) is 28.7 Å². The smallest absolute Gasteiger partial charge is 0.212 e. The number of benzene rings is 1. The van der Waals surface area contributed by atoms with Crippen LogP contribution in [0.1, 0.15) is 32.6 Å². The summed E-state index contributed by atoms with van der Waals surface area (Å²) < 4.78 is 33.0. The van der Waals surface area contributed by atoms with E-state index in [1.807, 2.05) is 18.2 Å². The molecular weight excluding hydrogens is 312 g/mol. The highest BCUT2D eigenvalue weighted by Gasteiger charge is 2.32. The standard InChI is InChI=1S/C17H26N2O3S/c1-14-12-15(13-19(14)16-6-3-2-4-7-16)18-23(20,21)11-9-17-8-5-10-22-17/h2-4,6-7,14-15,17-18H,5,8-13H2,1H3/t14-,15+,17+/m1/s1. The number of nitrogens with one attached hydrogen (secondary N) is 1. The Morgan fingerprint density at radius 1 is 1.30 bits per heavy atom. The van der Waals surface area contributed by atoms with E-state index < -0.39 is 10.0 Å². The largest absolute Gasteiger partial charge is 0.378 e. The van der Waals surface area contributed by atoms with E-state index in [0.717, 1.165) is 38.1 Å². The van der Waals surface area contributed by atoms with E-state index in [1.165, 1.54) is 0 Å². The third kappa shape index (κ3) is 4.46. The molecule has 3 rings (SSSR count). The first kappa shape index (κ1) is 16.7. The van der Waals surface area contributed by atoms with Crippen LogP contribution in [-0.4, -0.2) is 45.5 Å². The molecule has 0 unspecified atom stereocenters. The molecule has 1 aromatic rings. The number of para-hydroxylation sites is 1. The lowest BCUT2D eigenvalue weighted by Crippen LogP contribution is -2.39. The van der Waals surface area contributed by atoms with E-state index in [1.54, 1.807) is 0 Å². The Morgan fingerprint density at radius 3 is 2.78 bits per heavy atom. The maximum absolute atomic E-state index is 12.3. The molecule has 0 aromatic heterocycles. The van der Waals surface area contributed by atoms with Crippen molar-refractivity contribution < 1.29 is 13.2 Å². The topological polar surface area (TPSA) is 58.6 Å². The molecule has 2 fully saturated rings. The SMILES string of the molecule is C[C@@H]1C[C@H](NS(=O)(=O)CC[C@@H]2CCCO2)CN1c1ccccc1. The summed E-state index contributed by atoms with van der Waals surface area (Å²) in [4.78, 5) is 2.27. The molecule has 0 radical (unpaired) electrons. The van der Waals surface area contributed by atoms with Gasteiger partial charge < -0.3 is 9.64 Å². The minimum absolute atomic E-state index is 0.0142. The zero-order valence-electron chi connectivity index (χ0n) is 13.6. The first-order valence-corrected chi connectivity index (χ1v) is 10.1. The van der Waals surface area contributed by atoms with Crippen molar-refractivity contribution in [3.63, 3.8) is 0 Å². The fourth-order valence-corrected chi connectivity index (χ4v) is 4.94. The Labute approximate surface area is 139 Å². The van der Waals surface area contributed by atoms with Crippen molar-refractivity contribution in [2.45, 2.75) is 50.8 Å². The number of hydrogen-bond acceptors (Lipinski definition) is 4. The van der Waals surface area contributed by atoms with Crippen LogP contribution in [-0.2, 0) is 14.8 Å². The number of anilines is 1. The zero-order chi connectivity index (χ0) is 16.3. The number of rotatable bonds is 6. The summed E-state index contributed by atoms with van der Waals surface area (Å²) in [7, 11) is -3.24. The Bertz CT molecular complexity index is 600. The maximum Gasteiger partial charge on any atom is 0.212 e. The molecule has 0 spiro atoms. The third-order valence-electron chi connectivity index (χ3n) is 4.74. The van der Waals surface area contributed by atoms with Crippen LogP contribution in [0.25, 0.3) is 0 Å². The average molecular weight is 338 g/mol. The minimum Gasteiger partial charge on any atom is -0.378 e. The van der Waals surface area contributed by atoms with Crippen LogP contribution in [0.4, 0.5) is 5.69 Å². The molecule has 2 heterocycles. The van der Waals surface area contributed by atoms with Crippen LogP contribution in [0, 0.1) is 0 Å². The Hall–Kier alpha value is -1.11. The molecule has 0 saturated carbocycles. The van der Waals surface area contributed by atoms with Crippen LogP contribution in [0.15, 0.2) is 30.3 Å².